The van der Waals surface area contributed by atoms with E-state index >= 15 is 0 Å². The lowest BCUT2D eigenvalue weighted by molar-refractivity contribution is 0.107. The van der Waals surface area contributed by atoms with Gasteiger partial charge in [-0.05, 0) is 48.7 Å². The molecular weight excluding hydrogens is 384 g/mol. The van der Waals surface area contributed by atoms with Crippen LogP contribution in [0.1, 0.15) is 18.4 Å². The molecule has 0 atom stereocenters. The second-order valence-corrected chi connectivity index (χ2v) is 7.18. The zero-order valence-corrected chi connectivity index (χ0v) is 15.1. The van der Waals surface area contributed by atoms with Crippen LogP contribution in [0, 0.1) is 0 Å². The zero-order valence-electron chi connectivity index (χ0n) is 13.5. The van der Waals surface area contributed by atoms with Gasteiger partial charge in [0.05, 0.1) is 24.5 Å². The normalized spacial score (nSPS) is 15.1. The Bertz CT molecular complexity index is 912. The van der Waals surface area contributed by atoms with Crippen LogP contribution < -0.4 is 9.47 Å². The Morgan fingerprint density at radius 2 is 1.96 bits per heavy atom. The van der Waals surface area contributed by atoms with Gasteiger partial charge in [-0.15, -0.1) is 0 Å². The Kier molecular flexibility index (Phi) is 4.31. The van der Waals surface area contributed by atoms with Crippen LogP contribution in [-0.4, -0.2) is 27.3 Å². The van der Waals surface area contributed by atoms with Gasteiger partial charge in [-0.2, -0.15) is 0 Å². The van der Waals surface area contributed by atoms with E-state index in [4.69, 9.17) is 9.47 Å². The van der Waals surface area contributed by atoms with Gasteiger partial charge in [-0.25, -0.2) is 0 Å². The highest BCUT2D eigenvalue weighted by molar-refractivity contribution is 9.10. The van der Waals surface area contributed by atoms with Gasteiger partial charge < -0.3 is 14.6 Å². The van der Waals surface area contributed by atoms with E-state index in [1.165, 1.54) is 0 Å². The molecule has 1 fully saturated rings. The van der Waals surface area contributed by atoms with Gasteiger partial charge in [0.25, 0.3) is 0 Å². The summed E-state index contributed by atoms with van der Waals surface area (Å²) in [5.74, 6) is 1.39. The summed E-state index contributed by atoms with van der Waals surface area (Å²) in [6.07, 6.45) is 6.89. The lowest BCUT2D eigenvalue weighted by atomic mass is 10.2. The smallest absolute Gasteiger partial charge is 0.143 e. The molecule has 2 aromatic heterocycles. The Morgan fingerprint density at radius 1 is 1.08 bits per heavy atom. The third kappa shape index (κ3) is 3.75. The van der Waals surface area contributed by atoms with Crippen LogP contribution in [0.3, 0.4) is 0 Å². The van der Waals surface area contributed by atoms with E-state index in [2.05, 4.69) is 25.9 Å². The summed E-state index contributed by atoms with van der Waals surface area (Å²) in [6.45, 7) is 0.406. The highest BCUT2D eigenvalue weighted by Gasteiger charge is 2.46. The SMILES string of the molecule is OCc1cncc(OC2(COc3cnc4ccc(Br)cc4c3)CC2)c1. The molecule has 4 rings (SSSR count). The van der Waals surface area contributed by atoms with E-state index in [0.717, 1.165) is 39.5 Å². The van der Waals surface area contributed by atoms with Gasteiger partial charge in [-0.1, -0.05) is 15.9 Å². The number of aliphatic hydroxyl groups is 1. The monoisotopic (exact) mass is 400 g/mol. The highest BCUT2D eigenvalue weighted by Crippen LogP contribution is 2.40. The second-order valence-electron chi connectivity index (χ2n) is 6.27. The van der Waals surface area contributed by atoms with Crippen LogP contribution in [0.15, 0.2) is 53.4 Å². The van der Waals surface area contributed by atoms with Crippen molar-refractivity contribution in [3.63, 3.8) is 0 Å². The molecule has 3 aromatic rings. The molecule has 0 saturated heterocycles. The quantitative estimate of drug-likeness (QED) is 0.679. The van der Waals surface area contributed by atoms with Crippen LogP contribution in [0.5, 0.6) is 11.5 Å². The molecule has 128 valence electrons. The van der Waals surface area contributed by atoms with Crippen molar-refractivity contribution in [2.24, 2.45) is 0 Å². The number of hydrogen-bond acceptors (Lipinski definition) is 5. The number of rotatable bonds is 6. The van der Waals surface area contributed by atoms with Crippen molar-refractivity contribution in [3.8, 4) is 11.5 Å². The van der Waals surface area contributed by atoms with Crippen molar-refractivity contribution >= 4 is 26.8 Å². The molecule has 0 radical (unpaired) electrons. The van der Waals surface area contributed by atoms with Gasteiger partial charge in [0, 0.05) is 16.1 Å². The van der Waals surface area contributed by atoms with Crippen LogP contribution >= 0.6 is 15.9 Å². The molecule has 1 saturated carbocycles. The van der Waals surface area contributed by atoms with Crippen molar-refractivity contribution in [1.82, 2.24) is 9.97 Å². The number of nitrogens with zero attached hydrogens (tertiary/aromatic N) is 2. The van der Waals surface area contributed by atoms with Crippen LogP contribution in [0.2, 0.25) is 0 Å². The van der Waals surface area contributed by atoms with Crippen molar-refractivity contribution in [2.75, 3.05) is 6.61 Å². The number of ether oxygens (including phenoxy) is 2. The fourth-order valence-corrected chi connectivity index (χ4v) is 3.03. The number of hydrogen-bond donors (Lipinski definition) is 1. The summed E-state index contributed by atoms with van der Waals surface area (Å²) in [6, 6.07) is 9.75. The predicted octanol–water partition coefficient (Wildman–Crippen LogP) is 3.88. The van der Waals surface area contributed by atoms with Gasteiger partial charge in [0.15, 0.2) is 0 Å². The van der Waals surface area contributed by atoms with E-state index in [0.29, 0.717) is 12.4 Å². The Hall–Kier alpha value is -2.18. The average Bonchev–Trinajstić information content (AvgIpc) is 3.39. The first kappa shape index (κ1) is 16.3. The molecule has 5 nitrogen and oxygen atoms in total. The predicted molar refractivity (Wildman–Crippen MR) is 97.7 cm³/mol. The Balaban J connectivity index is 1.45. The van der Waals surface area contributed by atoms with E-state index in [1.807, 2.05) is 30.3 Å². The molecule has 0 amide bonds. The van der Waals surface area contributed by atoms with E-state index in [1.54, 1.807) is 18.6 Å². The molecule has 2 heterocycles. The molecular formula is C19H17BrN2O3. The molecule has 1 aliphatic carbocycles. The third-order valence-corrected chi connectivity index (χ3v) is 4.71. The molecule has 1 aromatic carbocycles. The number of pyridine rings is 2. The fraction of sp³-hybridized carbons (Fsp3) is 0.263. The van der Waals surface area contributed by atoms with Crippen LogP contribution in [0.25, 0.3) is 10.9 Å². The highest BCUT2D eigenvalue weighted by atomic mass is 79.9. The van der Waals surface area contributed by atoms with Crippen LogP contribution in [0.4, 0.5) is 0 Å². The summed E-state index contributed by atoms with van der Waals surface area (Å²) in [5, 5.41) is 10.2. The van der Waals surface area contributed by atoms with Gasteiger partial charge in [-0.3, -0.25) is 9.97 Å². The first-order valence-corrected chi connectivity index (χ1v) is 8.87. The van der Waals surface area contributed by atoms with E-state index in [-0.39, 0.29) is 12.2 Å². The first-order valence-electron chi connectivity index (χ1n) is 8.08. The number of halogens is 1. The maximum absolute atomic E-state index is 9.20. The van der Waals surface area contributed by atoms with E-state index < -0.39 is 0 Å². The largest absolute Gasteiger partial charge is 0.488 e. The van der Waals surface area contributed by atoms with Crippen molar-refractivity contribution < 1.29 is 14.6 Å². The standard InChI is InChI=1S/C19H17BrN2O3/c20-15-1-2-18-14(6-15)7-16(10-22-18)24-12-19(3-4-19)25-17-5-13(11-23)8-21-9-17/h1-2,5-10,23H,3-4,11-12H2. The molecule has 0 spiro atoms. The fourth-order valence-electron chi connectivity index (χ4n) is 2.65. The van der Waals surface area contributed by atoms with Crippen molar-refractivity contribution in [2.45, 2.75) is 25.0 Å². The van der Waals surface area contributed by atoms with Crippen molar-refractivity contribution in [1.29, 1.82) is 0 Å². The zero-order chi connectivity index (χ0) is 17.3. The molecule has 25 heavy (non-hydrogen) atoms. The van der Waals surface area contributed by atoms with Gasteiger partial charge >= 0.3 is 0 Å². The van der Waals surface area contributed by atoms with Crippen molar-refractivity contribution in [3.05, 3.63) is 59.0 Å². The first-order chi connectivity index (χ1) is 12.2. The second kappa shape index (κ2) is 6.61. The van der Waals surface area contributed by atoms with Gasteiger partial charge in [0.1, 0.15) is 23.7 Å². The molecule has 0 bridgehead atoms. The number of aliphatic hydroxyl groups excluding tert-OH is 1. The summed E-state index contributed by atoms with van der Waals surface area (Å²) < 4.78 is 13.0. The summed E-state index contributed by atoms with van der Waals surface area (Å²) in [7, 11) is 0. The van der Waals surface area contributed by atoms with Crippen LogP contribution in [-0.2, 0) is 6.61 Å². The third-order valence-electron chi connectivity index (χ3n) is 4.21. The maximum atomic E-state index is 9.20. The topological polar surface area (TPSA) is 64.5 Å². The Labute approximate surface area is 153 Å². The summed E-state index contributed by atoms with van der Waals surface area (Å²) >= 11 is 3.47. The minimum atomic E-state index is -0.317. The molecule has 1 N–H and O–H groups in total. The maximum Gasteiger partial charge on any atom is 0.143 e. The molecule has 0 unspecified atom stereocenters. The average molecular weight is 401 g/mol. The molecule has 6 heteroatoms. The minimum absolute atomic E-state index is 0.0496. The Morgan fingerprint density at radius 3 is 2.76 bits per heavy atom. The summed E-state index contributed by atoms with van der Waals surface area (Å²) in [5.41, 5.74) is 1.35. The van der Waals surface area contributed by atoms with E-state index in [9.17, 15) is 5.11 Å². The minimum Gasteiger partial charge on any atom is -0.488 e. The number of aromatic nitrogens is 2. The lowest BCUT2D eigenvalue weighted by Crippen LogP contribution is -2.27. The lowest BCUT2D eigenvalue weighted by Gasteiger charge is -2.19. The molecule has 1 aliphatic rings. The number of benzene rings is 1. The molecule has 0 aliphatic heterocycles. The summed E-state index contributed by atoms with van der Waals surface area (Å²) in [4.78, 5) is 8.51. The van der Waals surface area contributed by atoms with Gasteiger partial charge in [0.2, 0.25) is 0 Å². The number of fused-ring (bicyclic) bond motifs is 1.